The Morgan fingerprint density at radius 3 is 2.52 bits per heavy atom. The van der Waals surface area contributed by atoms with E-state index in [0.29, 0.717) is 5.75 Å². The van der Waals surface area contributed by atoms with Gasteiger partial charge in [-0.1, -0.05) is 34.1 Å². The molecule has 0 saturated heterocycles. The molecule has 0 saturated carbocycles. The van der Waals surface area contributed by atoms with Gasteiger partial charge in [0.2, 0.25) is 0 Å². The maximum absolute atomic E-state index is 12.5. The average molecular weight is 368 g/mol. The lowest BCUT2D eigenvalue weighted by Gasteiger charge is -2.16. The summed E-state index contributed by atoms with van der Waals surface area (Å²) in [7, 11) is 2.47. The average Bonchev–Trinajstić information content (AvgIpc) is 2.52. The molecule has 0 amide bonds. The molecule has 0 radical (unpaired) electrons. The highest BCUT2D eigenvalue weighted by atomic mass is 79.9. The van der Waals surface area contributed by atoms with Crippen molar-refractivity contribution < 1.29 is 8.95 Å². The molecular weight excluding hydrogens is 350 g/mol. The van der Waals surface area contributed by atoms with Crippen LogP contribution >= 0.6 is 15.9 Å². The van der Waals surface area contributed by atoms with Crippen LogP contribution in [-0.2, 0) is 10.8 Å². The Labute approximate surface area is 136 Å². The Hall–Kier alpha value is -1.17. The summed E-state index contributed by atoms with van der Waals surface area (Å²) in [6.45, 7) is 0. The van der Waals surface area contributed by atoms with Gasteiger partial charge in [0.25, 0.3) is 0 Å². The molecule has 1 N–H and O–H groups in total. The second-order valence-corrected chi connectivity index (χ2v) is 7.00. The minimum absolute atomic E-state index is 0.0377. The number of methoxy groups -OCH3 is 1. The molecule has 0 spiro atoms. The predicted octanol–water partition coefficient (Wildman–Crippen LogP) is 3.53. The largest absolute Gasteiger partial charge is 0.497 e. The summed E-state index contributed by atoms with van der Waals surface area (Å²) in [4.78, 5) is 0.832. The van der Waals surface area contributed by atoms with Crippen molar-refractivity contribution in [3.8, 4) is 5.75 Å². The molecule has 2 unspecified atom stereocenters. The molecule has 5 heteroatoms. The van der Waals surface area contributed by atoms with Crippen LogP contribution in [0.25, 0.3) is 0 Å². The molecule has 112 valence electrons. The van der Waals surface area contributed by atoms with Crippen molar-refractivity contribution in [1.82, 2.24) is 5.32 Å². The Kier molecular flexibility index (Phi) is 5.96. The summed E-state index contributed by atoms with van der Waals surface area (Å²) in [5, 5.41) is 3.23. The van der Waals surface area contributed by atoms with E-state index in [4.69, 9.17) is 4.74 Å². The van der Waals surface area contributed by atoms with Gasteiger partial charge in [0.1, 0.15) is 5.75 Å². The van der Waals surface area contributed by atoms with Crippen molar-refractivity contribution in [2.45, 2.75) is 10.9 Å². The summed E-state index contributed by atoms with van der Waals surface area (Å²) < 4.78 is 18.6. The highest BCUT2D eigenvalue weighted by molar-refractivity contribution is 9.10. The second kappa shape index (κ2) is 7.73. The van der Waals surface area contributed by atoms with Crippen LogP contribution < -0.4 is 10.1 Å². The zero-order valence-corrected chi connectivity index (χ0v) is 14.4. The number of benzene rings is 2. The van der Waals surface area contributed by atoms with Gasteiger partial charge in [-0.25, -0.2) is 0 Å². The predicted molar refractivity (Wildman–Crippen MR) is 90.2 cm³/mol. The molecule has 0 bridgehead atoms. The molecular formula is C16H18BrNO2S. The first-order valence-electron chi connectivity index (χ1n) is 6.59. The number of ether oxygens (including phenoxy) is 1. The number of hydrogen-bond donors (Lipinski definition) is 1. The Morgan fingerprint density at radius 2 is 1.95 bits per heavy atom. The third-order valence-corrected chi connectivity index (χ3v) is 5.15. The summed E-state index contributed by atoms with van der Waals surface area (Å²) in [5.41, 5.74) is 1.10. The third-order valence-electron chi connectivity index (χ3n) is 3.24. The number of rotatable bonds is 6. The lowest BCUT2D eigenvalue weighted by Crippen LogP contribution is -2.22. The van der Waals surface area contributed by atoms with Crippen molar-refractivity contribution in [2.24, 2.45) is 0 Å². The highest BCUT2D eigenvalue weighted by Gasteiger charge is 2.15. The molecule has 0 fully saturated rings. The van der Waals surface area contributed by atoms with Crippen molar-refractivity contribution in [3.05, 3.63) is 58.6 Å². The van der Waals surface area contributed by atoms with Crippen LogP contribution in [0, 0.1) is 0 Å². The van der Waals surface area contributed by atoms with E-state index in [-0.39, 0.29) is 6.04 Å². The van der Waals surface area contributed by atoms with Gasteiger partial charge >= 0.3 is 0 Å². The van der Waals surface area contributed by atoms with Gasteiger partial charge in [0.05, 0.1) is 17.9 Å². The van der Waals surface area contributed by atoms with Gasteiger partial charge in [0, 0.05) is 21.2 Å². The van der Waals surface area contributed by atoms with E-state index in [2.05, 4.69) is 21.2 Å². The van der Waals surface area contributed by atoms with E-state index in [9.17, 15) is 4.21 Å². The minimum atomic E-state index is -1.06. The monoisotopic (exact) mass is 367 g/mol. The summed E-state index contributed by atoms with van der Waals surface area (Å²) in [6.07, 6.45) is 0. The lowest BCUT2D eigenvalue weighted by molar-refractivity contribution is 0.414. The molecule has 21 heavy (non-hydrogen) atoms. The number of nitrogens with one attached hydrogen (secondary N) is 1. The van der Waals surface area contributed by atoms with Crippen molar-refractivity contribution in [2.75, 3.05) is 19.9 Å². The summed E-state index contributed by atoms with van der Waals surface area (Å²) in [6, 6.07) is 15.5. The molecule has 0 aliphatic heterocycles. The lowest BCUT2D eigenvalue weighted by atomic mass is 10.1. The van der Waals surface area contributed by atoms with Crippen molar-refractivity contribution in [3.63, 3.8) is 0 Å². The van der Waals surface area contributed by atoms with E-state index in [1.54, 1.807) is 7.11 Å². The molecule has 0 aromatic heterocycles. The highest BCUT2D eigenvalue weighted by Crippen LogP contribution is 2.21. The normalized spacial score (nSPS) is 13.7. The zero-order valence-electron chi connectivity index (χ0n) is 12.0. The maximum atomic E-state index is 12.5. The topological polar surface area (TPSA) is 38.3 Å². The number of hydrogen-bond acceptors (Lipinski definition) is 3. The fourth-order valence-corrected chi connectivity index (χ4v) is 3.93. The molecule has 2 aromatic carbocycles. The van der Waals surface area contributed by atoms with E-state index in [0.717, 1.165) is 20.7 Å². The molecule has 0 aliphatic carbocycles. The molecule has 0 heterocycles. The first-order chi connectivity index (χ1) is 10.1. The van der Waals surface area contributed by atoms with E-state index >= 15 is 0 Å². The van der Waals surface area contributed by atoms with Crippen LogP contribution in [-0.4, -0.2) is 24.1 Å². The second-order valence-electron chi connectivity index (χ2n) is 4.58. The van der Waals surface area contributed by atoms with E-state index in [1.165, 1.54) is 0 Å². The molecule has 2 aromatic rings. The first kappa shape index (κ1) is 16.2. The molecule has 2 rings (SSSR count). The van der Waals surface area contributed by atoms with Gasteiger partial charge in [-0.2, -0.15) is 0 Å². The quantitative estimate of drug-likeness (QED) is 0.848. The fraction of sp³-hybridized carbons (Fsp3) is 0.250. The molecule has 2 atom stereocenters. The minimum Gasteiger partial charge on any atom is -0.497 e. The third kappa shape index (κ3) is 4.40. The Balaban J connectivity index is 2.12. The van der Waals surface area contributed by atoms with Crippen LogP contribution in [0.1, 0.15) is 11.6 Å². The summed E-state index contributed by atoms with van der Waals surface area (Å²) >= 11 is 3.41. The Morgan fingerprint density at radius 1 is 1.24 bits per heavy atom. The van der Waals surface area contributed by atoms with Crippen molar-refractivity contribution in [1.29, 1.82) is 0 Å². The van der Waals surface area contributed by atoms with Crippen molar-refractivity contribution >= 4 is 26.7 Å². The van der Waals surface area contributed by atoms with E-state index in [1.807, 2.05) is 55.6 Å². The van der Waals surface area contributed by atoms with Gasteiger partial charge in [0.15, 0.2) is 0 Å². The Bertz CT molecular complexity index is 616. The fourth-order valence-electron chi connectivity index (χ4n) is 2.04. The number of halogens is 1. The summed E-state index contributed by atoms with van der Waals surface area (Å²) in [5.74, 6) is 1.35. The van der Waals surface area contributed by atoms with Crippen LogP contribution in [0.4, 0.5) is 0 Å². The molecule has 3 nitrogen and oxygen atoms in total. The molecule has 0 aliphatic rings. The zero-order chi connectivity index (χ0) is 15.2. The smallest absolute Gasteiger partial charge is 0.118 e. The van der Waals surface area contributed by atoms with Gasteiger partial charge in [-0.05, 0) is 42.9 Å². The SMILES string of the molecule is CNC(CS(=O)c1cccc(Br)c1)c1ccc(OC)cc1. The van der Waals surface area contributed by atoms with Gasteiger partial charge in [-0.3, -0.25) is 4.21 Å². The van der Waals surface area contributed by atoms with Gasteiger partial charge < -0.3 is 10.1 Å². The standard InChI is InChI=1S/C16H18BrNO2S/c1-18-16(12-6-8-14(20-2)9-7-12)11-21(19)15-5-3-4-13(17)10-15/h3-10,16,18H,11H2,1-2H3. The van der Waals surface area contributed by atoms with Crippen LogP contribution in [0.2, 0.25) is 0 Å². The first-order valence-corrected chi connectivity index (χ1v) is 8.70. The van der Waals surface area contributed by atoms with E-state index < -0.39 is 10.8 Å². The van der Waals surface area contributed by atoms with Crippen LogP contribution in [0.3, 0.4) is 0 Å². The maximum Gasteiger partial charge on any atom is 0.118 e. The van der Waals surface area contributed by atoms with Crippen LogP contribution in [0.15, 0.2) is 57.9 Å². The van der Waals surface area contributed by atoms with Gasteiger partial charge in [-0.15, -0.1) is 0 Å². The van der Waals surface area contributed by atoms with Crippen LogP contribution in [0.5, 0.6) is 5.75 Å².